The first-order valence-electron chi connectivity index (χ1n) is 5.56. The van der Waals surface area contributed by atoms with Crippen molar-refractivity contribution in [1.82, 2.24) is 10.4 Å². The first kappa shape index (κ1) is 14.6. The number of nitrogens with two attached hydrogens (primary N) is 1. The zero-order chi connectivity index (χ0) is 14.0. The van der Waals surface area contributed by atoms with Crippen LogP contribution in [0.25, 0.3) is 0 Å². The van der Waals surface area contributed by atoms with Gasteiger partial charge in [-0.1, -0.05) is 6.07 Å². The van der Waals surface area contributed by atoms with Gasteiger partial charge in [0.2, 0.25) is 0 Å². The molecular weight excluding hydrogens is 377 g/mol. The van der Waals surface area contributed by atoms with Crippen molar-refractivity contribution in [2.45, 2.75) is 13.0 Å². The number of rotatable bonds is 3. The van der Waals surface area contributed by atoms with Crippen LogP contribution in [0.15, 0.2) is 39.4 Å². The minimum Gasteiger partial charge on any atom is -0.271 e. The molecule has 100 valence electrons. The van der Waals surface area contributed by atoms with Crippen LogP contribution < -0.4 is 11.3 Å². The molecule has 19 heavy (non-hydrogen) atoms. The quantitative estimate of drug-likeness (QED) is 0.623. The molecule has 6 heteroatoms. The number of hydrazine groups is 1. The molecule has 1 atom stereocenters. The van der Waals surface area contributed by atoms with Crippen molar-refractivity contribution >= 4 is 31.9 Å². The van der Waals surface area contributed by atoms with Crippen LogP contribution in [0.1, 0.15) is 22.9 Å². The Morgan fingerprint density at radius 1 is 1.32 bits per heavy atom. The number of benzene rings is 1. The monoisotopic (exact) mass is 387 g/mol. The molecule has 1 aromatic heterocycles. The molecule has 1 unspecified atom stereocenters. The van der Waals surface area contributed by atoms with Gasteiger partial charge in [0.15, 0.2) is 0 Å². The zero-order valence-corrected chi connectivity index (χ0v) is 13.3. The summed E-state index contributed by atoms with van der Waals surface area (Å²) in [6, 6.07) is 6.12. The Labute approximate surface area is 127 Å². The molecule has 0 saturated carbocycles. The van der Waals surface area contributed by atoms with Gasteiger partial charge in [-0.3, -0.25) is 10.8 Å². The maximum Gasteiger partial charge on any atom is 0.123 e. The van der Waals surface area contributed by atoms with Crippen LogP contribution in [0.3, 0.4) is 0 Å². The van der Waals surface area contributed by atoms with Crippen LogP contribution in [-0.2, 0) is 0 Å². The Hall–Kier alpha value is -0.820. The summed E-state index contributed by atoms with van der Waals surface area (Å²) in [5.74, 6) is 5.32. The number of aromatic nitrogens is 1. The minimum atomic E-state index is -0.377. The van der Waals surface area contributed by atoms with Crippen molar-refractivity contribution in [2.75, 3.05) is 0 Å². The Morgan fingerprint density at radius 2 is 2.05 bits per heavy atom. The standard InChI is InChI=1S/C13H12Br2FN3/c1-7-2-3-9(16)5-10(7)12(19-17)13-11(15)4-8(14)6-18-13/h2-6,12,19H,17H2,1H3. The van der Waals surface area contributed by atoms with E-state index >= 15 is 0 Å². The van der Waals surface area contributed by atoms with E-state index in [1.165, 1.54) is 12.1 Å². The van der Waals surface area contributed by atoms with Gasteiger partial charge in [0, 0.05) is 15.1 Å². The summed E-state index contributed by atoms with van der Waals surface area (Å²) in [6.07, 6.45) is 1.68. The van der Waals surface area contributed by atoms with Crippen LogP contribution in [0.4, 0.5) is 4.39 Å². The zero-order valence-electron chi connectivity index (χ0n) is 10.1. The van der Waals surface area contributed by atoms with Gasteiger partial charge in [-0.05, 0) is 68.1 Å². The van der Waals surface area contributed by atoms with E-state index in [-0.39, 0.29) is 11.9 Å². The van der Waals surface area contributed by atoms with Crippen molar-refractivity contribution < 1.29 is 4.39 Å². The fourth-order valence-electron chi connectivity index (χ4n) is 1.88. The SMILES string of the molecule is Cc1ccc(F)cc1C(NN)c1ncc(Br)cc1Br. The Balaban J connectivity index is 2.52. The van der Waals surface area contributed by atoms with E-state index < -0.39 is 0 Å². The first-order chi connectivity index (χ1) is 9.02. The van der Waals surface area contributed by atoms with E-state index in [2.05, 4.69) is 42.3 Å². The lowest BCUT2D eigenvalue weighted by atomic mass is 9.98. The lowest BCUT2D eigenvalue weighted by Gasteiger charge is -2.19. The largest absolute Gasteiger partial charge is 0.271 e. The number of hydrogen-bond donors (Lipinski definition) is 2. The van der Waals surface area contributed by atoms with Crippen LogP contribution in [0.2, 0.25) is 0 Å². The lowest BCUT2D eigenvalue weighted by molar-refractivity contribution is 0.593. The molecule has 0 saturated heterocycles. The van der Waals surface area contributed by atoms with E-state index in [9.17, 15) is 4.39 Å². The molecule has 0 aliphatic rings. The molecule has 0 amide bonds. The Bertz CT molecular complexity index is 604. The molecule has 0 aliphatic carbocycles. The second-order valence-electron chi connectivity index (χ2n) is 4.12. The van der Waals surface area contributed by atoms with E-state index in [0.29, 0.717) is 5.69 Å². The van der Waals surface area contributed by atoms with Crippen molar-refractivity contribution in [3.63, 3.8) is 0 Å². The molecule has 0 aliphatic heterocycles. The summed E-state index contributed by atoms with van der Waals surface area (Å²) in [6.45, 7) is 1.91. The third kappa shape index (κ3) is 3.20. The molecule has 0 radical (unpaired) electrons. The average Bonchev–Trinajstić information content (AvgIpc) is 2.36. The molecule has 3 N–H and O–H groups in total. The van der Waals surface area contributed by atoms with Crippen LogP contribution in [0.5, 0.6) is 0 Å². The Kier molecular flexibility index (Phi) is 4.67. The van der Waals surface area contributed by atoms with Gasteiger partial charge < -0.3 is 0 Å². The van der Waals surface area contributed by atoms with Crippen LogP contribution in [0, 0.1) is 12.7 Å². The molecule has 2 rings (SSSR count). The summed E-state index contributed by atoms with van der Waals surface area (Å²) < 4.78 is 15.1. The van der Waals surface area contributed by atoms with Gasteiger partial charge in [0.05, 0.1) is 11.7 Å². The highest BCUT2D eigenvalue weighted by Crippen LogP contribution is 2.30. The predicted octanol–water partition coefficient (Wildman–Crippen LogP) is 3.61. The van der Waals surface area contributed by atoms with E-state index in [4.69, 9.17) is 5.84 Å². The van der Waals surface area contributed by atoms with Crippen molar-refractivity contribution in [3.8, 4) is 0 Å². The maximum absolute atomic E-state index is 13.4. The van der Waals surface area contributed by atoms with Gasteiger partial charge >= 0.3 is 0 Å². The number of hydrogen-bond acceptors (Lipinski definition) is 3. The molecule has 1 heterocycles. The van der Waals surface area contributed by atoms with Crippen LogP contribution >= 0.6 is 31.9 Å². The van der Waals surface area contributed by atoms with Gasteiger partial charge in [-0.15, -0.1) is 0 Å². The normalized spacial score (nSPS) is 12.5. The molecule has 0 fully saturated rings. The highest BCUT2D eigenvalue weighted by Gasteiger charge is 2.19. The second kappa shape index (κ2) is 6.09. The van der Waals surface area contributed by atoms with Gasteiger partial charge in [0.25, 0.3) is 0 Å². The second-order valence-corrected chi connectivity index (χ2v) is 5.89. The molecule has 3 nitrogen and oxygen atoms in total. The van der Waals surface area contributed by atoms with E-state index in [1.54, 1.807) is 12.3 Å². The van der Waals surface area contributed by atoms with Crippen molar-refractivity contribution in [3.05, 3.63) is 62.0 Å². The Morgan fingerprint density at radius 3 is 2.68 bits per heavy atom. The fraction of sp³-hybridized carbons (Fsp3) is 0.154. The maximum atomic E-state index is 13.4. The number of halogens is 3. The third-order valence-electron chi connectivity index (χ3n) is 2.83. The summed E-state index contributed by atoms with van der Waals surface area (Å²) in [4.78, 5) is 4.34. The van der Waals surface area contributed by atoms with Crippen LogP contribution in [-0.4, -0.2) is 4.98 Å². The van der Waals surface area contributed by atoms with Gasteiger partial charge in [0.1, 0.15) is 5.82 Å². The van der Waals surface area contributed by atoms with Crippen molar-refractivity contribution in [2.24, 2.45) is 5.84 Å². The highest BCUT2D eigenvalue weighted by atomic mass is 79.9. The number of nitrogens with one attached hydrogen (secondary N) is 1. The highest BCUT2D eigenvalue weighted by molar-refractivity contribution is 9.11. The summed E-state index contributed by atoms with van der Waals surface area (Å²) in [7, 11) is 0. The van der Waals surface area contributed by atoms with Crippen molar-refractivity contribution in [1.29, 1.82) is 0 Å². The summed E-state index contributed by atoms with van der Waals surface area (Å²) in [5.41, 5.74) is 5.10. The summed E-state index contributed by atoms with van der Waals surface area (Å²) in [5, 5.41) is 0. The van der Waals surface area contributed by atoms with E-state index in [1.807, 2.05) is 13.0 Å². The molecule has 2 aromatic rings. The minimum absolute atomic E-state index is 0.297. The van der Waals surface area contributed by atoms with Gasteiger partial charge in [-0.2, -0.15) is 0 Å². The van der Waals surface area contributed by atoms with E-state index in [0.717, 1.165) is 20.1 Å². The summed E-state index contributed by atoms with van der Waals surface area (Å²) >= 11 is 6.79. The van der Waals surface area contributed by atoms with Gasteiger partial charge in [-0.25, -0.2) is 9.82 Å². The number of pyridine rings is 1. The lowest BCUT2D eigenvalue weighted by Crippen LogP contribution is -2.30. The third-order valence-corrected chi connectivity index (χ3v) is 3.90. The molecule has 0 bridgehead atoms. The molecular formula is C13H12Br2FN3. The number of aryl methyl sites for hydroxylation is 1. The fourth-order valence-corrected chi connectivity index (χ4v) is 3.09. The first-order valence-corrected chi connectivity index (χ1v) is 7.14. The smallest absolute Gasteiger partial charge is 0.123 e. The molecule has 1 aromatic carbocycles. The average molecular weight is 389 g/mol. The predicted molar refractivity (Wildman–Crippen MR) is 79.9 cm³/mol. The number of nitrogens with zero attached hydrogens (tertiary/aromatic N) is 1. The topological polar surface area (TPSA) is 50.9 Å². The molecule has 0 spiro atoms.